The second-order valence-electron chi connectivity index (χ2n) is 7.16. The molecule has 1 aromatic carbocycles. The van der Waals surface area contributed by atoms with Crippen LogP contribution in [-0.4, -0.2) is 37.9 Å². The molecule has 0 radical (unpaired) electrons. The van der Waals surface area contributed by atoms with Gasteiger partial charge in [0.15, 0.2) is 0 Å². The Balaban J connectivity index is 1.67. The van der Waals surface area contributed by atoms with E-state index in [4.69, 9.17) is 5.14 Å². The van der Waals surface area contributed by atoms with Gasteiger partial charge in [-0.05, 0) is 56.5 Å². The highest BCUT2D eigenvalue weighted by atomic mass is 32.2. The number of carbonyl (C=O) groups is 1. The molecule has 1 aliphatic heterocycles. The van der Waals surface area contributed by atoms with Gasteiger partial charge < -0.3 is 5.32 Å². The number of benzene rings is 1. The quantitative estimate of drug-likeness (QED) is 0.831. The number of hydrogen-bond acceptors (Lipinski definition) is 4. The third-order valence-corrected chi connectivity index (χ3v) is 6.45. The van der Waals surface area contributed by atoms with E-state index in [1.807, 2.05) is 0 Å². The zero-order valence-corrected chi connectivity index (χ0v) is 15.4. The van der Waals surface area contributed by atoms with Crippen molar-refractivity contribution < 1.29 is 13.2 Å². The molecule has 2 aliphatic rings. The summed E-state index contributed by atoms with van der Waals surface area (Å²) >= 11 is 0. The van der Waals surface area contributed by atoms with E-state index in [9.17, 15) is 13.2 Å². The normalized spacial score (nSPS) is 21.2. The summed E-state index contributed by atoms with van der Waals surface area (Å²) in [6, 6.07) is 6.36. The summed E-state index contributed by atoms with van der Waals surface area (Å²) in [5.41, 5.74) is 0.517. The first-order valence-corrected chi connectivity index (χ1v) is 10.6. The van der Waals surface area contributed by atoms with Gasteiger partial charge >= 0.3 is 0 Å². The monoisotopic (exact) mass is 365 g/mol. The maximum atomic E-state index is 13.0. The average molecular weight is 365 g/mol. The van der Waals surface area contributed by atoms with Crippen LogP contribution in [0.25, 0.3) is 0 Å². The zero-order valence-electron chi connectivity index (χ0n) is 14.5. The van der Waals surface area contributed by atoms with Crippen LogP contribution in [0, 0.1) is 0 Å². The Morgan fingerprint density at radius 3 is 2.20 bits per heavy atom. The first-order chi connectivity index (χ1) is 11.9. The second-order valence-corrected chi connectivity index (χ2v) is 8.72. The first-order valence-electron chi connectivity index (χ1n) is 9.07. The standard InChI is InChI=1S/C18H27N3O3S/c19-25(23,24)16-8-6-15(7-9-16)14-20-17(22)18(10-2-1-3-11-18)21-12-4-5-13-21/h6-9H,1-5,10-14H2,(H,20,22)(H2,19,23,24). The van der Waals surface area contributed by atoms with E-state index in [1.54, 1.807) is 12.1 Å². The molecule has 3 rings (SSSR count). The molecule has 6 nitrogen and oxygen atoms in total. The number of hydrogen-bond donors (Lipinski definition) is 2. The maximum Gasteiger partial charge on any atom is 0.240 e. The van der Waals surface area contributed by atoms with Gasteiger partial charge in [0.05, 0.1) is 4.90 Å². The number of nitrogens with one attached hydrogen (secondary N) is 1. The first kappa shape index (κ1) is 18.4. The number of likely N-dealkylation sites (tertiary alicyclic amines) is 1. The lowest BCUT2D eigenvalue weighted by Crippen LogP contribution is -2.58. The molecule has 0 atom stereocenters. The lowest BCUT2D eigenvalue weighted by molar-refractivity contribution is -0.135. The van der Waals surface area contributed by atoms with Crippen LogP contribution in [0.4, 0.5) is 0 Å². The third-order valence-electron chi connectivity index (χ3n) is 5.52. The molecule has 1 amide bonds. The van der Waals surface area contributed by atoms with Gasteiger partial charge in [0.2, 0.25) is 15.9 Å². The molecule has 1 aliphatic carbocycles. The Morgan fingerprint density at radius 1 is 1.04 bits per heavy atom. The van der Waals surface area contributed by atoms with E-state index in [1.165, 1.54) is 31.4 Å². The van der Waals surface area contributed by atoms with Gasteiger partial charge in [0, 0.05) is 6.54 Å². The van der Waals surface area contributed by atoms with E-state index < -0.39 is 10.0 Å². The number of rotatable bonds is 5. The van der Waals surface area contributed by atoms with Crippen LogP contribution in [0.15, 0.2) is 29.2 Å². The van der Waals surface area contributed by atoms with E-state index in [-0.39, 0.29) is 16.3 Å². The van der Waals surface area contributed by atoms with Gasteiger partial charge in [-0.25, -0.2) is 13.6 Å². The van der Waals surface area contributed by atoms with Crippen LogP contribution in [-0.2, 0) is 21.4 Å². The van der Waals surface area contributed by atoms with Crippen molar-refractivity contribution in [1.82, 2.24) is 10.2 Å². The predicted octanol–water partition coefficient (Wildman–Crippen LogP) is 1.75. The second kappa shape index (κ2) is 7.43. The SMILES string of the molecule is NS(=O)(=O)c1ccc(CNC(=O)C2(N3CCCC3)CCCCC2)cc1. The summed E-state index contributed by atoms with van der Waals surface area (Å²) in [5.74, 6) is 0.115. The highest BCUT2D eigenvalue weighted by Gasteiger charge is 2.45. The van der Waals surface area contributed by atoms with Crippen molar-refractivity contribution >= 4 is 15.9 Å². The fourth-order valence-corrected chi connectivity index (χ4v) is 4.63. The minimum atomic E-state index is -3.68. The van der Waals surface area contributed by atoms with Gasteiger partial charge in [-0.15, -0.1) is 0 Å². The van der Waals surface area contributed by atoms with Crippen molar-refractivity contribution in [3.8, 4) is 0 Å². The molecule has 1 heterocycles. The van der Waals surface area contributed by atoms with Crippen LogP contribution in [0.2, 0.25) is 0 Å². The molecule has 0 spiro atoms. The molecule has 138 valence electrons. The molecule has 1 saturated heterocycles. The minimum absolute atomic E-state index is 0.0865. The largest absolute Gasteiger partial charge is 0.350 e. The van der Waals surface area contributed by atoms with Crippen molar-refractivity contribution in [2.45, 2.75) is 61.9 Å². The van der Waals surface area contributed by atoms with Crippen LogP contribution < -0.4 is 10.5 Å². The fraction of sp³-hybridized carbons (Fsp3) is 0.611. The fourth-order valence-electron chi connectivity index (χ4n) is 4.11. The van der Waals surface area contributed by atoms with Crippen LogP contribution in [0.3, 0.4) is 0 Å². The van der Waals surface area contributed by atoms with Crippen molar-refractivity contribution in [1.29, 1.82) is 0 Å². The molecular formula is C18H27N3O3S. The molecular weight excluding hydrogens is 338 g/mol. The van der Waals surface area contributed by atoms with Crippen LogP contribution in [0.1, 0.15) is 50.5 Å². The number of nitrogens with zero attached hydrogens (tertiary/aromatic N) is 1. The summed E-state index contributed by atoms with van der Waals surface area (Å²) < 4.78 is 22.6. The third kappa shape index (κ3) is 4.04. The average Bonchev–Trinajstić information content (AvgIpc) is 3.15. The molecule has 25 heavy (non-hydrogen) atoms. The van der Waals surface area contributed by atoms with Crippen molar-refractivity contribution in [2.24, 2.45) is 5.14 Å². The van der Waals surface area contributed by atoms with E-state index in [0.29, 0.717) is 6.54 Å². The highest BCUT2D eigenvalue weighted by Crippen LogP contribution is 2.36. The molecule has 2 fully saturated rings. The Hall–Kier alpha value is -1.44. The smallest absolute Gasteiger partial charge is 0.240 e. The van der Waals surface area contributed by atoms with Gasteiger partial charge in [-0.1, -0.05) is 31.4 Å². The Bertz CT molecular complexity index is 704. The molecule has 7 heteroatoms. The molecule has 0 bridgehead atoms. The number of sulfonamides is 1. The zero-order chi connectivity index (χ0) is 17.9. The topological polar surface area (TPSA) is 92.5 Å². The number of amides is 1. The van der Waals surface area contributed by atoms with Crippen molar-refractivity contribution in [3.05, 3.63) is 29.8 Å². The van der Waals surface area contributed by atoms with Crippen LogP contribution in [0.5, 0.6) is 0 Å². The van der Waals surface area contributed by atoms with E-state index >= 15 is 0 Å². The summed E-state index contributed by atoms with van der Waals surface area (Å²) in [6.07, 6.45) is 7.62. The summed E-state index contributed by atoms with van der Waals surface area (Å²) in [5, 5.41) is 8.19. The molecule has 1 aromatic rings. The van der Waals surface area contributed by atoms with Gasteiger partial charge in [0.1, 0.15) is 5.54 Å². The summed E-state index contributed by atoms with van der Waals surface area (Å²) in [4.78, 5) is 15.5. The lowest BCUT2D eigenvalue weighted by Gasteiger charge is -2.43. The number of carbonyl (C=O) groups excluding carboxylic acids is 1. The minimum Gasteiger partial charge on any atom is -0.350 e. The Kier molecular flexibility index (Phi) is 5.46. The lowest BCUT2D eigenvalue weighted by atomic mass is 9.79. The van der Waals surface area contributed by atoms with Crippen LogP contribution >= 0.6 is 0 Å². The Morgan fingerprint density at radius 2 is 1.64 bits per heavy atom. The number of primary sulfonamides is 1. The molecule has 0 unspecified atom stereocenters. The molecule has 1 saturated carbocycles. The molecule has 0 aromatic heterocycles. The van der Waals surface area contributed by atoms with Crippen molar-refractivity contribution in [3.63, 3.8) is 0 Å². The Labute approximate surface area is 149 Å². The summed E-state index contributed by atoms with van der Waals surface area (Å²) in [6.45, 7) is 2.42. The van der Waals surface area contributed by atoms with Gasteiger partial charge in [-0.2, -0.15) is 0 Å². The van der Waals surface area contributed by atoms with E-state index in [2.05, 4.69) is 10.2 Å². The van der Waals surface area contributed by atoms with Crippen molar-refractivity contribution in [2.75, 3.05) is 13.1 Å². The van der Waals surface area contributed by atoms with E-state index in [0.717, 1.165) is 44.3 Å². The maximum absolute atomic E-state index is 13.0. The molecule has 3 N–H and O–H groups in total. The van der Waals surface area contributed by atoms with Gasteiger partial charge in [0.25, 0.3) is 0 Å². The van der Waals surface area contributed by atoms with Gasteiger partial charge in [-0.3, -0.25) is 9.69 Å². The highest BCUT2D eigenvalue weighted by molar-refractivity contribution is 7.89. The summed E-state index contributed by atoms with van der Waals surface area (Å²) in [7, 11) is -3.68. The number of nitrogens with two attached hydrogens (primary N) is 1. The predicted molar refractivity (Wildman–Crippen MR) is 96.3 cm³/mol.